The SMILES string of the molecule is COc1cccc(C(=O)NCc2cn(C(C)C)nn2)c1. The number of rotatable bonds is 5. The summed E-state index contributed by atoms with van der Waals surface area (Å²) in [6.07, 6.45) is 1.83. The molecule has 0 aliphatic rings. The van der Waals surface area contributed by atoms with Gasteiger partial charge in [0.25, 0.3) is 5.91 Å². The smallest absolute Gasteiger partial charge is 0.251 e. The van der Waals surface area contributed by atoms with E-state index in [1.165, 1.54) is 0 Å². The van der Waals surface area contributed by atoms with Crippen LogP contribution in [0, 0.1) is 0 Å². The maximum absolute atomic E-state index is 12.0. The highest BCUT2D eigenvalue weighted by molar-refractivity contribution is 5.94. The van der Waals surface area contributed by atoms with Crippen LogP contribution in [0.15, 0.2) is 30.5 Å². The number of carbonyl (C=O) groups excluding carboxylic acids is 1. The summed E-state index contributed by atoms with van der Waals surface area (Å²) >= 11 is 0. The summed E-state index contributed by atoms with van der Waals surface area (Å²) < 4.78 is 6.85. The van der Waals surface area contributed by atoms with Crippen LogP contribution < -0.4 is 10.1 Å². The lowest BCUT2D eigenvalue weighted by Crippen LogP contribution is -2.22. The number of methoxy groups -OCH3 is 1. The summed E-state index contributed by atoms with van der Waals surface area (Å²) in [6, 6.07) is 7.27. The zero-order chi connectivity index (χ0) is 14.5. The molecule has 2 aromatic rings. The van der Waals surface area contributed by atoms with Crippen molar-refractivity contribution in [1.29, 1.82) is 0 Å². The number of amides is 1. The van der Waals surface area contributed by atoms with E-state index in [0.717, 1.165) is 5.69 Å². The second-order valence-corrected chi connectivity index (χ2v) is 4.70. The molecular weight excluding hydrogens is 256 g/mol. The molecule has 1 aromatic heterocycles. The predicted molar refractivity (Wildman–Crippen MR) is 74.6 cm³/mol. The Bertz CT molecular complexity index is 592. The van der Waals surface area contributed by atoms with Gasteiger partial charge in [-0.2, -0.15) is 0 Å². The number of hydrogen-bond donors (Lipinski definition) is 1. The summed E-state index contributed by atoms with van der Waals surface area (Å²) in [4.78, 5) is 12.0. The third-order valence-electron chi connectivity index (χ3n) is 2.85. The standard InChI is InChI=1S/C14H18N4O2/c1-10(2)18-9-12(16-17-18)8-15-14(19)11-5-4-6-13(7-11)20-3/h4-7,9-10H,8H2,1-3H3,(H,15,19). The maximum Gasteiger partial charge on any atom is 0.251 e. The second kappa shape index (κ2) is 6.18. The molecule has 106 valence electrons. The summed E-state index contributed by atoms with van der Waals surface area (Å²) in [5.74, 6) is 0.492. The van der Waals surface area contributed by atoms with Gasteiger partial charge < -0.3 is 10.1 Å². The lowest BCUT2D eigenvalue weighted by Gasteiger charge is -2.05. The maximum atomic E-state index is 12.0. The number of nitrogens with zero attached hydrogens (tertiary/aromatic N) is 3. The van der Waals surface area contributed by atoms with Crippen molar-refractivity contribution in [2.75, 3.05) is 7.11 Å². The summed E-state index contributed by atoms with van der Waals surface area (Å²) in [5.41, 5.74) is 1.29. The number of benzene rings is 1. The lowest BCUT2D eigenvalue weighted by molar-refractivity contribution is 0.0950. The van der Waals surface area contributed by atoms with E-state index in [1.807, 2.05) is 20.0 Å². The Kier molecular flexibility index (Phi) is 4.34. The third-order valence-corrected chi connectivity index (χ3v) is 2.85. The van der Waals surface area contributed by atoms with Crippen LogP contribution in [0.3, 0.4) is 0 Å². The largest absolute Gasteiger partial charge is 0.497 e. The molecule has 1 N–H and O–H groups in total. The van der Waals surface area contributed by atoms with Gasteiger partial charge in [0.15, 0.2) is 0 Å². The molecule has 0 spiro atoms. The van der Waals surface area contributed by atoms with E-state index in [2.05, 4.69) is 15.6 Å². The van der Waals surface area contributed by atoms with Crippen LogP contribution in [0.1, 0.15) is 35.9 Å². The van der Waals surface area contributed by atoms with Crippen LogP contribution in [0.25, 0.3) is 0 Å². The third kappa shape index (κ3) is 3.34. The Morgan fingerprint density at radius 3 is 2.90 bits per heavy atom. The molecule has 0 fully saturated rings. The minimum Gasteiger partial charge on any atom is -0.497 e. The quantitative estimate of drug-likeness (QED) is 0.902. The zero-order valence-electron chi connectivity index (χ0n) is 11.8. The molecular formula is C14H18N4O2. The Hall–Kier alpha value is -2.37. The Balaban J connectivity index is 1.97. The fourth-order valence-electron chi connectivity index (χ4n) is 1.68. The summed E-state index contributed by atoms with van der Waals surface area (Å²) in [7, 11) is 1.57. The number of carbonyl (C=O) groups is 1. The summed E-state index contributed by atoms with van der Waals surface area (Å²) in [6.45, 7) is 4.39. The molecule has 0 unspecified atom stereocenters. The van der Waals surface area contributed by atoms with Crippen LogP contribution in [0.2, 0.25) is 0 Å². The van der Waals surface area contributed by atoms with Gasteiger partial charge in [-0.25, -0.2) is 4.68 Å². The van der Waals surface area contributed by atoms with Crippen molar-refractivity contribution in [3.63, 3.8) is 0 Å². The van der Waals surface area contributed by atoms with Crippen LogP contribution in [-0.4, -0.2) is 28.0 Å². The van der Waals surface area contributed by atoms with Crippen molar-refractivity contribution in [3.8, 4) is 5.75 Å². The molecule has 1 amide bonds. The molecule has 1 aromatic carbocycles. The van der Waals surface area contributed by atoms with E-state index in [1.54, 1.807) is 36.1 Å². The molecule has 0 saturated carbocycles. The van der Waals surface area contributed by atoms with Gasteiger partial charge >= 0.3 is 0 Å². The lowest BCUT2D eigenvalue weighted by atomic mass is 10.2. The highest BCUT2D eigenvalue weighted by Crippen LogP contribution is 2.12. The minimum absolute atomic E-state index is 0.164. The molecule has 20 heavy (non-hydrogen) atoms. The van der Waals surface area contributed by atoms with E-state index in [-0.39, 0.29) is 11.9 Å². The van der Waals surface area contributed by atoms with Gasteiger partial charge in [-0.3, -0.25) is 4.79 Å². The van der Waals surface area contributed by atoms with Gasteiger partial charge in [0.1, 0.15) is 11.4 Å². The molecule has 1 heterocycles. The first-order valence-corrected chi connectivity index (χ1v) is 6.43. The van der Waals surface area contributed by atoms with Crippen LogP contribution in [-0.2, 0) is 6.54 Å². The van der Waals surface area contributed by atoms with E-state index < -0.39 is 0 Å². The van der Waals surface area contributed by atoms with Gasteiger partial charge in [0, 0.05) is 11.6 Å². The Morgan fingerprint density at radius 2 is 2.25 bits per heavy atom. The molecule has 2 rings (SSSR count). The average molecular weight is 274 g/mol. The number of aromatic nitrogens is 3. The van der Waals surface area contributed by atoms with Crippen molar-refractivity contribution >= 4 is 5.91 Å². The fraction of sp³-hybridized carbons (Fsp3) is 0.357. The van der Waals surface area contributed by atoms with Crippen molar-refractivity contribution in [3.05, 3.63) is 41.7 Å². The van der Waals surface area contributed by atoms with Gasteiger partial charge in [0.2, 0.25) is 0 Å². The van der Waals surface area contributed by atoms with Gasteiger partial charge in [-0.05, 0) is 32.0 Å². The number of hydrogen-bond acceptors (Lipinski definition) is 4. The molecule has 0 bridgehead atoms. The fourth-order valence-corrected chi connectivity index (χ4v) is 1.68. The van der Waals surface area contributed by atoms with Crippen LogP contribution >= 0.6 is 0 Å². The first-order valence-electron chi connectivity index (χ1n) is 6.43. The second-order valence-electron chi connectivity index (χ2n) is 4.70. The first-order chi connectivity index (χ1) is 9.60. The van der Waals surface area contributed by atoms with Crippen molar-refractivity contribution in [2.24, 2.45) is 0 Å². The van der Waals surface area contributed by atoms with E-state index in [4.69, 9.17) is 4.74 Å². The molecule has 0 saturated heterocycles. The molecule has 0 atom stereocenters. The first kappa shape index (κ1) is 14.0. The molecule has 0 aliphatic carbocycles. The molecule has 6 nitrogen and oxygen atoms in total. The predicted octanol–water partition coefficient (Wildman–Crippen LogP) is 1.80. The molecule has 0 aliphatic heterocycles. The highest BCUT2D eigenvalue weighted by Gasteiger charge is 2.08. The monoisotopic (exact) mass is 274 g/mol. The van der Waals surface area contributed by atoms with Gasteiger partial charge in [-0.15, -0.1) is 5.10 Å². The van der Waals surface area contributed by atoms with E-state index in [9.17, 15) is 4.79 Å². The topological polar surface area (TPSA) is 69.0 Å². The number of nitrogens with one attached hydrogen (secondary N) is 1. The highest BCUT2D eigenvalue weighted by atomic mass is 16.5. The Morgan fingerprint density at radius 1 is 1.45 bits per heavy atom. The van der Waals surface area contributed by atoms with Crippen molar-refractivity contribution < 1.29 is 9.53 Å². The van der Waals surface area contributed by atoms with Crippen molar-refractivity contribution in [2.45, 2.75) is 26.4 Å². The van der Waals surface area contributed by atoms with Crippen LogP contribution in [0.4, 0.5) is 0 Å². The van der Waals surface area contributed by atoms with Crippen LogP contribution in [0.5, 0.6) is 5.75 Å². The van der Waals surface area contributed by atoms with Gasteiger partial charge in [-0.1, -0.05) is 11.3 Å². The zero-order valence-corrected chi connectivity index (χ0v) is 11.8. The number of ether oxygens (including phenoxy) is 1. The average Bonchev–Trinajstić information content (AvgIpc) is 2.94. The van der Waals surface area contributed by atoms with E-state index in [0.29, 0.717) is 17.9 Å². The minimum atomic E-state index is -0.164. The van der Waals surface area contributed by atoms with E-state index >= 15 is 0 Å². The van der Waals surface area contributed by atoms with Crippen molar-refractivity contribution in [1.82, 2.24) is 20.3 Å². The molecule has 6 heteroatoms. The summed E-state index contributed by atoms with van der Waals surface area (Å²) in [5, 5.41) is 10.8. The molecule has 0 radical (unpaired) electrons. The van der Waals surface area contributed by atoms with Gasteiger partial charge in [0.05, 0.1) is 19.9 Å². The normalized spacial score (nSPS) is 10.6. The Labute approximate surface area is 117 Å².